The van der Waals surface area contributed by atoms with Crippen molar-refractivity contribution < 1.29 is 19.1 Å². The molecule has 1 N–H and O–H groups in total. The van der Waals surface area contributed by atoms with E-state index in [1.54, 1.807) is 22.7 Å². The summed E-state index contributed by atoms with van der Waals surface area (Å²) in [4.78, 5) is 51.0. The third-order valence-electron chi connectivity index (χ3n) is 6.04. The van der Waals surface area contributed by atoms with Gasteiger partial charge in [0.2, 0.25) is 5.43 Å². The second kappa shape index (κ2) is 9.34. The summed E-state index contributed by atoms with van der Waals surface area (Å²) in [6, 6.07) is 4.86. The van der Waals surface area contributed by atoms with Gasteiger partial charge in [-0.25, -0.2) is 19.2 Å². The average molecular weight is 494 g/mol. The van der Waals surface area contributed by atoms with Gasteiger partial charge in [-0.3, -0.25) is 19.1 Å². The zero-order chi connectivity index (χ0) is 24.5. The molecule has 1 aliphatic heterocycles. The van der Waals surface area contributed by atoms with Gasteiger partial charge in [0.15, 0.2) is 22.4 Å². The van der Waals surface area contributed by atoms with Crippen molar-refractivity contribution >= 4 is 39.9 Å². The van der Waals surface area contributed by atoms with Crippen molar-refractivity contribution in [1.29, 1.82) is 0 Å². The van der Waals surface area contributed by atoms with Crippen molar-refractivity contribution in [3.63, 3.8) is 0 Å². The van der Waals surface area contributed by atoms with Crippen molar-refractivity contribution in [3.05, 3.63) is 75.5 Å². The first-order chi connectivity index (χ1) is 16.9. The van der Waals surface area contributed by atoms with E-state index in [2.05, 4.69) is 15.0 Å². The first-order valence-electron chi connectivity index (χ1n) is 11.0. The predicted octanol–water partition coefficient (Wildman–Crippen LogP) is 3.10. The van der Waals surface area contributed by atoms with Crippen LogP contribution >= 0.6 is 11.3 Å². The highest BCUT2D eigenvalue weighted by molar-refractivity contribution is 7.12. The fraction of sp³-hybridized carbons (Fsp3) is 0.250. The first kappa shape index (κ1) is 22.8. The van der Waals surface area contributed by atoms with Crippen molar-refractivity contribution in [3.8, 4) is 5.13 Å². The molecule has 5 heterocycles. The number of ketones is 1. The molecule has 0 bridgehead atoms. The smallest absolute Gasteiger partial charge is 0.341 e. The Bertz CT molecular complexity index is 1470. The van der Waals surface area contributed by atoms with Crippen LogP contribution in [-0.2, 0) is 11.2 Å². The van der Waals surface area contributed by atoms with Crippen LogP contribution in [0.4, 0.5) is 10.2 Å². The van der Waals surface area contributed by atoms with Crippen molar-refractivity contribution in [2.45, 2.75) is 19.3 Å². The Morgan fingerprint density at radius 1 is 1.20 bits per heavy atom. The molecule has 0 amide bonds. The lowest BCUT2D eigenvalue weighted by Gasteiger charge is -2.39. The Balaban J connectivity index is 1.36. The maximum Gasteiger partial charge on any atom is 0.341 e. The molecule has 178 valence electrons. The number of halogens is 1. The summed E-state index contributed by atoms with van der Waals surface area (Å²) in [7, 11) is 0. The number of hydrogen-bond acceptors (Lipinski definition) is 8. The maximum absolute atomic E-state index is 15.0. The molecule has 0 atom stereocenters. The lowest BCUT2D eigenvalue weighted by Crippen LogP contribution is -2.51. The molecule has 4 aromatic heterocycles. The molecule has 11 heteroatoms. The number of carbonyl (C=O) groups excluding carboxylic acids is 1. The van der Waals surface area contributed by atoms with Crippen LogP contribution in [0.3, 0.4) is 0 Å². The minimum Gasteiger partial charge on any atom is -0.477 e. The number of hydrogen-bond donors (Lipinski definition) is 1. The number of aromatic nitrogens is 4. The molecule has 0 aromatic carbocycles. The molecule has 0 radical (unpaired) electrons. The zero-order valence-electron chi connectivity index (χ0n) is 18.4. The molecule has 0 aliphatic carbocycles. The van der Waals surface area contributed by atoms with Crippen LogP contribution in [-0.4, -0.2) is 49.5 Å². The van der Waals surface area contributed by atoms with Gasteiger partial charge in [-0.2, -0.15) is 0 Å². The predicted molar refractivity (Wildman–Crippen MR) is 128 cm³/mol. The number of nitrogens with zero attached hydrogens (tertiary/aromatic N) is 5. The summed E-state index contributed by atoms with van der Waals surface area (Å²) in [5.41, 5.74) is -0.0755. The van der Waals surface area contributed by atoms with Crippen LogP contribution in [0.2, 0.25) is 0 Å². The Morgan fingerprint density at radius 2 is 1.97 bits per heavy atom. The van der Waals surface area contributed by atoms with E-state index in [1.807, 2.05) is 12.1 Å². The molecule has 5 rings (SSSR count). The van der Waals surface area contributed by atoms with Crippen molar-refractivity contribution in [1.82, 2.24) is 19.5 Å². The Morgan fingerprint density at radius 3 is 2.66 bits per heavy atom. The average Bonchev–Trinajstić information content (AvgIpc) is 3.34. The highest BCUT2D eigenvalue weighted by atomic mass is 32.1. The largest absolute Gasteiger partial charge is 0.477 e. The first-order valence-corrected chi connectivity index (χ1v) is 11.9. The third kappa shape index (κ3) is 4.42. The number of thiazole rings is 1. The van der Waals surface area contributed by atoms with Crippen LogP contribution < -0.4 is 10.3 Å². The maximum atomic E-state index is 15.0. The van der Waals surface area contributed by atoms with Crippen LogP contribution in [0.25, 0.3) is 16.2 Å². The normalized spacial score (nSPS) is 13.7. The number of anilines is 1. The van der Waals surface area contributed by atoms with E-state index in [4.69, 9.17) is 0 Å². The van der Waals surface area contributed by atoms with Gasteiger partial charge in [0.05, 0.1) is 11.3 Å². The van der Waals surface area contributed by atoms with E-state index in [-0.39, 0.29) is 28.6 Å². The fourth-order valence-electron chi connectivity index (χ4n) is 4.14. The van der Waals surface area contributed by atoms with E-state index in [0.29, 0.717) is 24.6 Å². The van der Waals surface area contributed by atoms with Gasteiger partial charge < -0.3 is 10.0 Å². The quantitative estimate of drug-likeness (QED) is 0.398. The van der Waals surface area contributed by atoms with Crippen molar-refractivity contribution in [2.75, 3.05) is 18.0 Å². The van der Waals surface area contributed by atoms with Gasteiger partial charge in [-0.1, -0.05) is 0 Å². The number of carboxylic acid groups (broad SMARTS) is 1. The standard InChI is InChI=1S/C24H20FN5O4S/c25-18-10-16-20(32)17(23(33)34)13-30(24-27-8-9-35-24)21(16)28-22(18)29-11-15(12-29)19(31)3-1-2-14-4-6-26-7-5-14/h4-10,13,15H,1-3,11-12H2,(H,33,34). The summed E-state index contributed by atoms with van der Waals surface area (Å²) < 4.78 is 16.4. The summed E-state index contributed by atoms with van der Waals surface area (Å²) >= 11 is 1.23. The van der Waals surface area contributed by atoms with Gasteiger partial charge in [0.25, 0.3) is 0 Å². The summed E-state index contributed by atoms with van der Waals surface area (Å²) in [6.45, 7) is 0.663. The van der Waals surface area contributed by atoms with E-state index in [9.17, 15) is 23.9 Å². The van der Waals surface area contributed by atoms with Gasteiger partial charge in [-0.05, 0) is 36.6 Å². The van der Waals surface area contributed by atoms with Gasteiger partial charge in [-0.15, -0.1) is 11.3 Å². The second-order valence-electron chi connectivity index (χ2n) is 8.30. The van der Waals surface area contributed by atoms with Crippen LogP contribution in [0.5, 0.6) is 0 Å². The van der Waals surface area contributed by atoms with E-state index < -0.39 is 22.8 Å². The molecular weight excluding hydrogens is 473 g/mol. The van der Waals surface area contributed by atoms with Crippen molar-refractivity contribution in [2.24, 2.45) is 5.92 Å². The topological polar surface area (TPSA) is 118 Å². The second-order valence-corrected chi connectivity index (χ2v) is 9.18. The zero-order valence-corrected chi connectivity index (χ0v) is 19.2. The Labute approximate surface area is 202 Å². The molecule has 35 heavy (non-hydrogen) atoms. The monoisotopic (exact) mass is 493 g/mol. The van der Waals surface area contributed by atoms with Crippen LogP contribution in [0.1, 0.15) is 28.8 Å². The number of carboxylic acids is 1. The molecule has 0 unspecified atom stereocenters. The van der Waals surface area contributed by atoms with E-state index in [1.165, 1.54) is 22.1 Å². The Kier molecular flexibility index (Phi) is 6.08. The van der Waals surface area contributed by atoms with Crippen LogP contribution in [0.15, 0.2) is 53.2 Å². The van der Waals surface area contributed by atoms with E-state index in [0.717, 1.165) is 30.7 Å². The fourth-order valence-corrected chi connectivity index (χ4v) is 4.76. The number of fused-ring (bicyclic) bond motifs is 1. The molecule has 1 aliphatic rings. The number of carbonyl (C=O) groups is 2. The molecule has 0 saturated carbocycles. The molecule has 9 nitrogen and oxygen atoms in total. The minimum atomic E-state index is -1.42. The SMILES string of the molecule is O=C(O)c1cn(-c2nccs2)c2nc(N3CC(C(=O)CCCc4ccncc4)C3)c(F)cc2c1=O. The highest BCUT2D eigenvalue weighted by Crippen LogP contribution is 2.30. The third-order valence-corrected chi connectivity index (χ3v) is 6.81. The van der Waals surface area contributed by atoms with Gasteiger partial charge in [0, 0.05) is 49.7 Å². The summed E-state index contributed by atoms with van der Waals surface area (Å²) in [5.74, 6) is -2.22. The number of rotatable bonds is 8. The van der Waals surface area contributed by atoms with Gasteiger partial charge >= 0.3 is 5.97 Å². The van der Waals surface area contributed by atoms with Crippen LogP contribution in [0, 0.1) is 11.7 Å². The molecular formula is C24H20FN5O4S. The summed E-state index contributed by atoms with van der Waals surface area (Å²) in [5, 5.41) is 11.4. The van der Waals surface area contributed by atoms with E-state index >= 15 is 0 Å². The molecule has 1 fully saturated rings. The number of Topliss-reactive ketones (excluding diaryl/α,β-unsaturated/α-hetero) is 1. The summed E-state index contributed by atoms with van der Waals surface area (Å²) in [6.07, 6.45) is 8.11. The van der Waals surface area contributed by atoms with Gasteiger partial charge in [0.1, 0.15) is 11.3 Å². The molecule has 1 saturated heterocycles. The minimum absolute atomic E-state index is 0.0196. The number of aryl methyl sites for hydroxylation is 1. The number of aromatic carboxylic acids is 1. The lowest BCUT2D eigenvalue weighted by atomic mass is 9.91. The Hall–Kier alpha value is -3.99. The molecule has 0 spiro atoms. The number of pyridine rings is 3. The lowest BCUT2D eigenvalue weighted by molar-refractivity contribution is -0.123. The molecule has 4 aromatic rings. The highest BCUT2D eigenvalue weighted by Gasteiger charge is 2.35.